The average molecular weight is 806 g/mol. The number of amides is 2. The molecule has 6 heterocycles. The van der Waals surface area contributed by atoms with Gasteiger partial charge in [-0.25, -0.2) is 15.0 Å². The van der Waals surface area contributed by atoms with Crippen molar-refractivity contribution in [1.82, 2.24) is 39.0 Å². The second kappa shape index (κ2) is 14.6. The predicted octanol–water partition coefficient (Wildman–Crippen LogP) is 5.25. The van der Waals surface area contributed by atoms with Gasteiger partial charge in [-0.1, -0.05) is 24.6 Å². The molecule has 296 valence electrons. The number of carbonyl (C=O) groups is 2. The molecule has 8 rings (SSSR count). The van der Waals surface area contributed by atoms with Crippen LogP contribution in [0.25, 0.3) is 22.6 Å². The first-order valence-electron chi connectivity index (χ1n) is 18.1. The Morgan fingerprint density at radius 2 is 1.95 bits per heavy atom. The number of methoxy groups -OCH3 is 1. The number of fused-ring (bicyclic) bond motifs is 3. The van der Waals surface area contributed by atoms with E-state index in [9.17, 15) is 32.7 Å². The standard InChI is InChI=1S/C38H35ClF3N9O6/c1-20-17-37(9-12-49(13-10-37)35(55)29-31(53)28(44-19-45-29)23-4-3-11-43-33(23)56-2)27-30(20)50(18-26(52)46-25-6-5-22(16-24(25)39)38(40,41)42)36-47-32(48-51(36)34(27)54)21-7-14-57-15-8-21/h3-7,11,16,19-20,53H,8-10,12-15,17-18H2,1-2H3,(H,46,52). The first-order valence-corrected chi connectivity index (χ1v) is 18.5. The number of hydrogen-bond acceptors (Lipinski definition) is 11. The normalized spacial score (nSPS) is 17.8. The number of halogens is 4. The van der Waals surface area contributed by atoms with E-state index in [0.29, 0.717) is 61.5 Å². The minimum Gasteiger partial charge on any atom is -0.504 e. The van der Waals surface area contributed by atoms with Gasteiger partial charge in [-0.05, 0) is 67.5 Å². The van der Waals surface area contributed by atoms with Crippen LogP contribution in [-0.2, 0) is 27.7 Å². The number of pyridine rings is 1. The van der Waals surface area contributed by atoms with Gasteiger partial charge in [0.2, 0.25) is 17.6 Å². The van der Waals surface area contributed by atoms with Crippen molar-refractivity contribution in [2.75, 3.05) is 38.7 Å². The molecule has 1 saturated heterocycles. The van der Waals surface area contributed by atoms with Crippen molar-refractivity contribution >= 4 is 40.5 Å². The zero-order chi connectivity index (χ0) is 40.2. The smallest absolute Gasteiger partial charge is 0.416 e. The summed E-state index contributed by atoms with van der Waals surface area (Å²) in [5, 5.41) is 18.2. The van der Waals surface area contributed by atoms with Crippen LogP contribution in [-0.4, -0.2) is 89.4 Å². The molecule has 2 N–H and O–H groups in total. The Balaban J connectivity index is 1.13. The molecule has 1 fully saturated rings. The van der Waals surface area contributed by atoms with Crippen LogP contribution in [0.15, 0.2) is 53.7 Å². The molecule has 3 aliphatic rings. The summed E-state index contributed by atoms with van der Waals surface area (Å²) in [6.45, 7) is 2.84. The Morgan fingerprint density at radius 3 is 2.65 bits per heavy atom. The molecular weight excluding hydrogens is 771 g/mol. The van der Waals surface area contributed by atoms with E-state index in [1.807, 2.05) is 13.0 Å². The highest BCUT2D eigenvalue weighted by atomic mass is 35.5. The van der Waals surface area contributed by atoms with Crippen LogP contribution in [0.2, 0.25) is 5.02 Å². The van der Waals surface area contributed by atoms with Gasteiger partial charge in [0.05, 0.1) is 42.2 Å². The summed E-state index contributed by atoms with van der Waals surface area (Å²) < 4.78 is 53.5. The number of likely N-dealkylation sites (tertiary alicyclic amines) is 1. The van der Waals surface area contributed by atoms with Crippen LogP contribution in [0.5, 0.6) is 11.6 Å². The molecule has 15 nitrogen and oxygen atoms in total. The van der Waals surface area contributed by atoms with E-state index >= 15 is 0 Å². The second-order valence-electron chi connectivity index (χ2n) is 14.3. The molecule has 1 unspecified atom stereocenters. The molecule has 2 aliphatic heterocycles. The van der Waals surface area contributed by atoms with Gasteiger partial charge in [0.1, 0.15) is 18.6 Å². The lowest BCUT2D eigenvalue weighted by Crippen LogP contribution is -2.46. The van der Waals surface area contributed by atoms with Gasteiger partial charge >= 0.3 is 6.18 Å². The van der Waals surface area contributed by atoms with Crippen molar-refractivity contribution in [3.05, 3.63) is 92.6 Å². The third-order valence-corrected chi connectivity index (χ3v) is 11.2. The molecule has 19 heteroatoms. The molecule has 4 aromatic heterocycles. The van der Waals surface area contributed by atoms with Crippen LogP contribution in [0.1, 0.15) is 71.7 Å². The van der Waals surface area contributed by atoms with Gasteiger partial charge in [-0.3, -0.25) is 14.4 Å². The molecular formula is C38H35ClF3N9O6. The van der Waals surface area contributed by atoms with Gasteiger partial charge in [0.25, 0.3) is 11.5 Å². The van der Waals surface area contributed by atoms with E-state index in [4.69, 9.17) is 26.1 Å². The highest BCUT2D eigenvalue weighted by molar-refractivity contribution is 6.33. The average Bonchev–Trinajstić information content (AvgIpc) is 3.77. The monoisotopic (exact) mass is 805 g/mol. The van der Waals surface area contributed by atoms with E-state index in [1.54, 1.807) is 21.6 Å². The molecule has 1 atom stereocenters. The van der Waals surface area contributed by atoms with E-state index in [2.05, 4.69) is 25.4 Å². The zero-order valence-corrected chi connectivity index (χ0v) is 31.4. The van der Waals surface area contributed by atoms with Gasteiger partial charge < -0.3 is 29.4 Å². The summed E-state index contributed by atoms with van der Waals surface area (Å²) in [5.74, 6) is -1.13. The molecule has 0 bridgehead atoms. The molecule has 5 aromatic rings. The van der Waals surface area contributed by atoms with Gasteiger partial charge in [-0.2, -0.15) is 22.7 Å². The van der Waals surface area contributed by atoms with Crippen LogP contribution in [0, 0.1) is 0 Å². The van der Waals surface area contributed by atoms with E-state index in [-0.39, 0.29) is 64.9 Å². The summed E-state index contributed by atoms with van der Waals surface area (Å²) in [5.41, 5.74) is 0.0363. The van der Waals surface area contributed by atoms with Crippen molar-refractivity contribution in [3.8, 4) is 22.9 Å². The molecule has 1 aromatic carbocycles. The number of nitrogens with zero attached hydrogens (tertiary/aromatic N) is 8. The number of hydrogen-bond donors (Lipinski definition) is 2. The lowest BCUT2D eigenvalue weighted by Gasteiger charge is -2.39. The quantitative estimate of drug-likeness (QED) is 0.220. The Hall–Kier alpha value is -5.88. The van der Waals surface area contributed by atoms with Gasteiger partial charge in [0.15, 0.2) is 17.3 Å². The number of ether oxygens (including phenoxy) is 2. The fraction of sp³-hybridized carbons (Fsp3) is 0.368. The lowest BCUT2D eigenvalue weighted by molar-refractivity contribution is -0.137. The number of benzene rings is 1. The van der Waals surface area contributed by atoms with Crippen molar-refractivity contribution in [1.29, 1.82) is 0 Å². The molecule has 57 heavy (non-hydrogen) atoms. The fourth-order valence-corrected chi connectivity index (χ4v) is 8.45. The van der Waals surface area contributed by atoms with E-state index in [0.717, 1.165) is 23.8 Å². The van der Waals surface area contributed by atoms with E-state index in [1.165, 1.54) is 24.1 Å². The molecule has 1 aliphatic carbocycles. The van der Waals surface area contributed by atoms with Crippen molar-refractivity contribution in [2.24, 2.45) is 0 Å². The molecule has 1 spiro atoms. The van der Waals surface area contributed by atoms with Crippen molar-refractivity contribution < 1.29 is 37.3 Å². The van der Waals surface area contributed by atoms with Crippen molar-refractivity contribution in [2.45, 2.75) is 56.7 Å². The van der Waals surface area contributed by atoms with Gasteiger partial charge in [0, 0.05) is 36.0 Å². The lowest BCUT2D eigenvalue weighted by atomic mass is 9.73. The van der Waals surface area contributed by atoms with Crippen LogP contribution in [0.3, 0.4) is 0 Å². The maximum atomic E-state index is 14.6. The summed E-state index contributed by atoms with van der Waals surface area (Å²) in [6.07, 6.45) is 1.73. The third kappa shape index (κ3) is 6.75. The van der Waals surface area contributed by atoms with Crippen molar-refractivity contribution in [3.63, 3.8) is 0 Å². The Morgan fingerprint density at radius 1 is 1.16 bits per heavy atom. The third-order valence-electron chi connectivity index (χ3n) is 10.9. The van der Waals surface area contributed by atoms with E-state index < -0.39 is 34.7 Å². The van der Waals surface area contributed by atoms with Crippen LogP contribution < -0.4 is 15.6 Å². The Bertz CT molecular complexity index is 2530. The minimum atomic E-state index is -4.62. The number of alkyl halides is 3. The zero-order valence-electron chi connectivity index (χ0n) is 30.6. The Kier molecular flexibility index (Phi) is 9.71. The molecule has 0 saturated carbocycles. The maximum absolute atomic E-state index is 14.6. The molecule has 2 amide bonds. The number of anilines is 1. The SMILES string of the molecule is COc1ncccc1-c1ncnc(C(=O)N2CCC3(CC2)CC(C)c2c3c(=O)n3nc(C4=CCOCC4)nc3n2CC(=O)Nc2ccc(C(F)(F)F)cc2Cl)c1O. The first kappa shape index (κ1) is 38.0. The second-order valence-corrected chi connectivity index (χ2v) is 14.7. The Labute approximate surface area is 327 Å². The van der Waals surface area contributed by atoms with Gasteiger partial charge in [-0.15, -0.1) is 5.10 Å². The summed E-state index contributed by atoms with van der Waals surface area (Å²) in [6, 6.07) is 5.96. The number of aromatic nitrogens is 7. The van der Waals surface area contributed by atoms with Crippen LogP contribution >= 0.6 is 11.6 Å². The highest BCUT2D eigenvalue weighted by Gasteiger charge is 2.49. The summed E-state index contributed by atoms with van der Waals surface area (Å²) in [4.78, 5) is 60.9. The fourth-order valence-electron chi connectivity index (χ4n) is 8.22. The predicted molar refractivity (Wildman–Crippen MR) is 199 cm³/mol. The maximum Gasteiger partial charge on any atom is 0.416 e. The number of carbonyl (C=O) groups excluding carboxylic acids is 2. The first-order chi connectivity index (χ1) is 27.3. The summed E-state index contributed by atoms with van der Waals surface area (Å²) in [7, 11) is 1.43. The summed E-state index contributed by atoms with van der Waals surface area (Å²) >= 11 is 6.17. The minimum absolute atomic E-state index is 0.0131. The molecule has 0 radical (unpaired) electrons. The largest absolute Gasteiger partial charge is 0.504 e. The number of nitrogens with one attached hydrogen (secondary N) is 1. The number of piperidine rings is 1. The topological polar surface area (TPSA) is 179 Å². The van der Waals surface area contributed by atoms with Crippen LogP contribution in [0.4, 0.5) is 18.9 Å². The number of aromatic hydroxyl groups is 1. The highest BCUT2D eigenvalue weighted by Crippen LogP contribution is 2.51. The number of rotatable bonds is 7.